The molecule has 2 N–H and O–H groups in total. The summed E-state index contributed by atoms with van der Waals surface area (Å²) in [5, 5.41) is 20.7. The summed E-state index contributed by atoms with van der Waals surface area (Å²) < 4.78 is 1.15. The first-order valence-corrected chi connectivity index (χ1v) is 6.97. The molecule has 0 aliphatic heterocycles. The van der Waals surface area contributed by atoms with E-state index in [1.807, 2.05) is 48.5 Å². The highest BCUT2D eigenvalue weighted by Crippen LogP contribution is 2.49. The van der Waals surface area contributed by atoms with Crippen molar-refractivity contribution >= 4 is 22.6 Å². The van der Waals surface area contributed by atoms with E-state index in [1.54, 1.807) is 0 Å². The maximum atomic E-state index is 10.4. The zero-order valence-electron chi connectivity index (χ0n) is 9.62. The van der Waals surface area contributed by atoms with E-state index in [2.05, 4.69) is 22.6 Å². The number of rotatable bonds is 1. The minimum atomic E-state index is -0.628. The maximum Gasteiger partial charge on any atom is 0.0890 e. The molecule has 1 aliphatic rings. The highest BCUT2D eigenvalue weighted by atomic mass is 127. The van der Waals surface area contributed by atoms with Crippen molar-refractivity contribution in [2.24, 2.45) is 0 Å². The van der Waals surface area contributed by atoms with Crippen molar-refractivity contribution in [1.82, 2.24) is 0 Å². The smallest absolute Gasteiger partial charge is 0.0890 e. The quantitative estimate of drug-likeness (QED) is 0.775. The Morgan fingerprint density at radius 3 is 1.78 bits per heavy atom. The molecule has 3 rings (SSSR count). The van der Waals surface area contributed by atoms with Gasteiger partial charge < -0.3 is 10.2 Å². The zero-order valence-corrected chi connectivity index (χ0v) is 11.8. The van der Waals surface area contributed by atoms with Crippen molar-refractivity contribution in [2.75, 3.05) is 0 Å². The van der Waals surface area contributed by atoms with Crippen LogP contribution in [0.1, 0.15) is 34.8 Å². The number of aliphatic hydroxyl groups is 2. The second-order valence-corrected chi connectivity index (χ2v) is 5.84. The van der Waals surface area contributed by atoms with Gasteiger partial charge in [-0.2, -0.15) is 0 Å². The molecule has 2 aromatic carbocycles. The van der Waals surface area contributed by atoms with E-state index in [-0.39, 0.29) is 5.92 Å². The van der Waals surface area contributed by atoms with Crippen molar-refractivity contribution in [3.63, 3.8) is 0 Å². The van der Waals surface area contributed by atoms with E-state index in [1.165, 1.54) is 0 Å². The number of fused-ring (bicyclic) bond motifs is 1. The number of hydrogen-bond donors (Lipinski definition) is 2. The third kappa shape index (κ3) is 1.86. The van der Waals surface area contributed by atoms with Crippen LogP contribution < -0.4 is 0 Å². The van der Waals surface area contributed by atoms with Crippen LogP contribution in [0.15, 0.2) is 48.5 Å². The van der Waals surface area contributed by atoms with Crippen LogP contribution >= 0.6 is 22.6 Å². The molecule has 3 heteroatoms. The molecule has 18 heavy (non-hydrogen) atoms. The van der Waals surface area contributed by atoms with Gasteiger partial charge in [0, 0.05) is 9.49 Å². The van der Waals surface area contributed by atoms with Crippen LogP contribution in [0, 0.1) is 3.57 Å². The monoisotopic (exact) mass is 352 g/mol. The summed E-state index contributed by atoms with van der Waals surface area (Å²) in [4.78, 5) is 0. The second-order valence-electron chi connectivity index (χ2n) is 4.60. The lowest BCUT2D eigenvalue weighted by Gasteiger charge is -2.19. The molecule has 92 valence electrons. The van der Waals surface area contributed by atoms with Gasteiger partial charge in [0.25, 0.3) is 0 Å². The molecule has 0 fully saturated rings. The average molecular weight is 352 g/mol. The van der Waals surface area contributed by atoms with Crippen LogP contribution in [0.3, 0.4) is 0 Å². The molecule has 0 saturated heterocycles. The van der Waals surface area contributed by atoms with E-state index in [0.717, 1.165) is 20.3 Å². The predicted molar refractivity (Wildman–Crippen MR) is 78.3 cm³/mol. The summed E-state index contributed by atoms with van der Waals surface area (Å²) in [7, 11) is 0. The Hall–Kier alpha value is -0.910. The standard InChI is InChI=1S/C15H13IO2/c16-10-7-5-9(6-8-10)13-14(17)11-3-1-2-4-12(11)15(13)18/h1-8,13-15,17-18H/t14-,15-/m1/s1. The van der Waals surface area contributed by atoms with E-state index >= 15 is 0 Å². The van der Waals surface area contributed by atoms with Gasteiger partial charge in [-0.3, -0.25) is 0 Å². The third-order valence-electron chi connectivity index (χ3n) is 3.57. The van der Waals surface area contributed by atoms with Gasteiger partial charge >= 0.3 is 0 Å². The van der Waals surface area contributed by atoms with Crippen molar-refractivity contribution in [3.05, 3.63) is 68.8 Å². The van der Waals surface area contributed by atoms with Crippen molar-refractivity contribution in [1.29, 1.82) is 0 Å². The van der Waals surface area contributed by atoms with Gasteiger partial charge in [0.2, 0.25) is 0 Å². The Labute approximate surface area is 119 Å². The van der Waals surface area contributed by atoms with Crippen LogP contribution in [-0.2, 0) is 0 Å². The molecule has 0 bridgehead atoms. The van der Waals surface area contributed by atoms with Crippen LogP contribution in [-0.4, -0.2) is 10.2 Å². The fourth-order valence-electron chi connectivity index (χ4n) is 2.66. The molecule has 0 saturated carbocycles. The molecule has 2 aromatic rings. The Bertz CT molecular complexity index is 536. The number of aliphatic hydroxyl groups excluding tert-OH is 2. The highest BCUT2D eigenvalue weighted by Gasteiger charge is 2.39. The Kier molecular flexibility index (Phi) is 3.13. The molecular formula is C15H13IO2. The van der Waals surface area contributed by atoms with Gasteiger partial charge in [-0.05, 0) is 51.4 Å². The van der Waals surface area contributed by atoms with Gasteiger partial charge in [0.05, 0.1) is 12.2 Å². The Balaban J connectivity index is 2.03. The van der Waals surface area contributed by atoms with E-state index in [0.29, 0.717) is 0 Å². The Morgan fingerprint density at radius 2 is 1.28 bits per heavy atom. The van der Waals surface area contributed by atoms with Gasteiger partial charge in [-0.15, -0.1) is 0 Å². The molecule has 0 heterocycles. The normalized spacial score (nSPS) is 23.1. The lowest BCUT2D eigenvalue weighted by molar-refractivity contribution is 0.0771. The molecule has 2 atom stereocenters. The van der Waals surface area contributed by atoms with Crippen molar-refractivity contribution in [3.8, 4) is 0 Å². The Morgan fingerprint density at radius 1 is 0.778 bits per heavy atom. The summed E-state index contributed by atoms with van der Waals surface area (Å²) in [5.74, 6) is -0.264. The van der Waals surface area contributed by atoms with Gasteiger partial charge in [-0.1, -0.05) is 36.4 Å². The van der Waals surface area contributed by atoms with E-state index in [9.17, 15) is 10.2 Å². The summed E-state index contributed by atoms with van der Waals surface area (Å²) in [6.45, 7) is 0. The first kappa shape index (κ1) is 12.1. The zero-order chi connectivity index (χ0) is 12.7. The maximum absolute atomic E-state index is 10.4. The fourth-order valence-corrected chi connectivity index (χ4v) is 3.02. The number of halogens is 1. The summed E-state index contributed by atoms with van der Waals surface area (Å²) in [6, 6.07) is 15.5. The van der Waals surface area contributed by atoms with Gasteiger partial charge in [0.1, 0.15) is 0 Å². The largest absolute Gasteiger partial charge is 0.388 e. The third-order valence-corrected chi connectivity index (χ3v) is 4.29. The van der Waals surface area contributed by atoms with Crippen LogP contribution in [0.4, 0.5) is 0 Å². The molecule has 0 amide bonds. The molecule has 0 unspecified atom stereocenters. The second kappa shape index (κ2) is 4.64. The summed E-state index contributed by atoms with van der Waals surface area (Å²) >= 11 is 2.25. The summed E-state index contributed by atoms with van der Waals surface area (Å²) in [6.07, 6.45) is -1.26. The van der Waals surface area contributed by atoms with E-state index in [4.69, 9.17) is 0 Å². The molecular weight excluding hydrogens is 339 g/mol. The molecule has 2 nitrogen and oxygen atoms in total. The van der Waals surface area contributed by atoms with Crippen LogP contribution in [0.5, 0.6) is 0 Å². The lowest BCUT2D eigenvalue weighted by atomic mass is 9.92. The molecule has 0 radical (unpaired) electrons. The number of hydrogen-bond acceptors (Lipinski definition) is 2. The lowest BCUT2D eigenvalue weighted by Crippen LogP contribution is -2.09. The average Bonchev–Trinajstić information content (AvgIpc) is 2.64. The summed E-state index contributed by atoms with van der Waals surface area (Å²) in [5.41, 5.74) is 2.66. The SMILES string of the molecule is O[C@@H]1c2ccccc2[C@@H](O)C1c1ccc(I)cc1. The van der Waals surface area contributed by atoms with Crippen molar-refractivity contribution < 1.29 is 10.2 Å². The minimum absolute atomic E-state index is 0.264. The number of benzene rings is 2. The molecule has 0 spiro atoms. The first-order valence-electron chi connectivity index (χ1n) is 5.89. The highest BCUT2D eigenvalue weighted by molar-refractivity contribution is 14.1. The molecule has 1 aliphatic carbocycles. The van der Waals surface area contributed by atoms with Gasteiger partial charge in [-0.25, -0.2) is 0 Å². The topological polar surface area (TPSA) is 40.5 Å². The van der Waals surface area contributed by atoms with E-state index < -0.39 is 12.2 Å². The van der Waals surface area contributed by atoms with Crippen LogP contribution in [0.25, 0.3) is 0 Å². The fraction of sp³-hybridized carbons (Fsp3) is 0.200. The first-order chi connectivity index (χ1) is 8.68. The van der Waals surface area contributed by atoms with Crippen LogP contribution in [0.2, 0.25) is 0 Å². The minimum Gasteiger partial charge on any atom is -0.388 e. The molecule has 0 aromatic heterocycles. The van der Waals surface area contributed by atoms with Crippen molar-refractivity contribution in [2.45, 2.75) is 18.1 Å². The van der Waals surface area contributed by atoms with Gasteiger partial charge in [0.15, 0.2) is 0 Å². The predicted octanol–water partition coefficient (Wildman–Crippen LogP) is 3.16.